The molecule has 0 N–H and O–H groups in total. The maximum absolute atomic E-state index is 12.7. The molecular formula is C19H20N2O2. The van der Waals surface area contributed by atoms with E-state index < -0.39 is 0 Å². The predicted octanol–water partition coefficient (Wildman–Crippen LogP) is 3.90. The molecule has 1 aliphatic rings. The Bertz CT molecular complexity index is 778. The topological polar surface area (TPSA) is 55.0 Å². The molecular weight excluding hydrogens is 288 g/mol. The van der Waals surface area contributed by atoms with Gasteiger partial charge in [0.2, 0.25) is 0 Å². The summed E-state index contributed by atoms with van der Waals surface area (Å²) in [6, 6.07) is 13.4. The summed E-state index contributed by atoms with van der Waals surface area (Å²) in [5.74, 6) is 0.786. The number of aromatic nitrogens is 1. The lowest BCUT2D eigenvalue weighted by molar-refractivity contribution is 0.348. The number of hydrogen-bond donors (Lipinski definition) is 0. The molecule has 2 aromatic rings. The van der Waals surface area contributed by atoms with Crippen molar-refractivity contribution in [3.63, 3.8) is 0 Å². The van der Waals surface area contributed by atoms with Crippen molar-refractivity contribution in [3.8, 4) is 23.1 Å². The van der Waals surface area contributed by atoms with Crippen LogP contribution in [-0.4, -0.2) is 11.7 Å². The van der Waals surface area contributed by atoms with Crippen LogP contribution in [0.3, 0.4) is 0 Å². The van der Waals surface area contributed by atoms with Crippen LogP contribution in [0.15, 0.2) is 41.2 Å². The molecule has 0 bridgehead atoms. The van der Waals surface area contributed by atoms with Crippen LogP contribution >= 0.6 is 0 Å². The Hall–Kier alpha value is -2.54. The Kier molecular flexibility index (Phi) is 4.47. The van der Waals surface area contributed by atoms with Crippen molar-refractivity contribution in [1.82, 2.24) is 4.57 Å². The van der Waals surface area contributed by atoms with E-state index in [1.165, 1.54) is 6.42 Å². The molecule has 4 nitrogen and oxygen atoms in total. The van der Waals surface area contributed by atoms with Gasteiger partial charge in [-0.05, 0) is 54.8 Å². The third-order valence-corrected chi connectivity index (χ3v) is 4.56. The molecule has 1 heterocycles. The van der Waals surface area contributed by atoms with Gasteiger partial charge >= 0.3 is 0 Å². The fourth-order valence-corrected chi connectivity index (χ4v) is 3.34. The molecule has 0 unspecified atom stereocenters. The smallest absolute Gasteiger partial charge is 0.269 e. The highest BCUT2D eigenvalue weighted by molar-refractivity contribution is 5.61. The minimum atomic E-state index is -0.173. The van der Waals surface area contributed by atoms with E-state index in [0.717, 1.165) is 42.7 Å². The number of rotatable bonds is 3. The molecule has 0 aliphatic heterocycles. The van der Waals surface area contributed by atoms with Gasteiger partial charge < -0.3 is 9.30 Å². The zero-order chi connectivity index (χ0) is 16.2. The van der Waals surface area contributed by atoms with E-state index in [0.29, 0.717) is 0 Å². The van der Waals surface area contributed by atoms with Gasteiger partial charge in [-0.3, -0.25) is 4.79 Å². The number of nitrogens with zero attached hydrogens (tertiary/aromatic N) is 2. The second-order valence-corrected chi connectivity index (χ2v) is 5.94. The largest absolute Gasteiger partial charge is 0.497 e. The number of benzene rings is 1. The summed E-state index contributed by atoms with van der Waals surface area (Å²) in [6.45, 7) is 0. The Balaban J connectivity index is 2.13. The summed E-state index contributed by atoms with van der Waals surface area (Å²) < 4.78 is 7.03. The lowest BCUT2D eigenvalue weighted by Gasteiger charge is -2.27. The van der Waals surface area contributed by atoms with Crippen molar-refractivity contribution in [1.29, 1.82) is 5.26 Å². The Labute approximate surface area is 135 Å². The van der Waals surface area contributed by atoms with Crippen molar-refractivity contribution >= 4 is 0 Å². The van der Waals surface area contributed by atoms with E-state index in [1.54, 1.807) is 13.2 Å². The number of hydrogen-bond acceptors (Lipinski definition) is 3. The van der Waals surface area contributed by atoms with E-state index in [9.17, 15) is 10.1 Å². The zero-order valence-corrected chi connectivity index (χ0v) is 13.3. The molecule has 1 saturated carbocycles. The Morgan fingerprint density at radius 2 is 1.78 bits per heavy atom. The van der Waals surface area contributed by atoms with Crippen molar-refractivity contribution < 1.29 is 4.74 Å². The van der Waals surface area contributed by atoms with Gasteiger partial charge in [0, 0.05) is 6.04 Å². The lowest BCUT2D eigenvalue weighted by atomic mass is 9.94. The van der Waals surface area contributed by atoms with E-state index in [1.807, 2.05) is 41.0 Å². The van der Waals surface area contributed by atoms with Gasteiger partial charge in [0.1, 0.15) is 17.4 Å². The third kappa shape index (κ3) is 3.00. The highest BCUT2D eigenvalue weighted by Gasteiger charge is 2.21. The molecule has 1 aliphatic carbocycles. The van der Waals surface area contributed by atoms with E-state index in [-0.39, 0.29) is 17.2 Å². The summed E-state index contributed by atoms with van der Waals surface area (Å²) in [5, 5.41) is 9.19. The monoisotopic (exact) mass is 308 g/mol. The average molecular weight is 308 g/mol. The van der Waals surface area contributed by atoms with Gasteiger partial charge in [-0.25, -0.2) is 0 Å². The molecule has 0 amide bonds. The van der Waals surface area contributed by atoms with Crippen LogP contribution in [0.5, 0.6) is 5.75 Å². The molecule has 0 radical (unpaired) electrons. The first-order chi connectivity index (χ1) is 11.2. The zero-order valence-electron chi connectivity index (χ0n) is 13.3. The Morgan fingerprint density at radius 3 is 2.39 bits per heavy atom. The number of nitriles is 1. The van der Waals surface area contributed by atoms with Crippen LogP contribution in [-0.2, 0) is 0 Å². The van der Waals surface area contributed by atoms with Gasteiger partial charge in [0.15, 0.2) is 0 Å². The van der Waals surface area contributed by atoms with Gasteiger partial charge in [-0.1, -0.05) is 19.3 Å². The maximum atomic E-state index is 12.7. The van der Waals surface area contributed by atoms with Crippen LogP contribution in [0, 0.1) is 11.3 Å². The highest BCUT2D eigenvalue weighted by Crippen LogP contribution is 2.31. The van der Waals surface area contributed by atoms with E-state index in [4.69, 9.17) is 4.74 Å². The second kappa shape index (κ2) is 6.70. The molecule has 0 saturated heterocycles. The molecule has 0 atom stereocenters. The number of ether oxygens (including phenoxy) is 1. The first-order valence-electron chi connectivity index (χ1n) is 8.04. The van der Waals surface area contributed by atoms with Crippen molar-refractivity contribution in [2.45, 2.75) is 38.1 Å². The first-order valence-corrected chi connectivity index (χ1v) is 8.04. The summed E-state index contributed by atoms with van der Waals surface area (Å²) in [5.41, 5.74) is 1.89. The maximum Gasteiger partial charge on any atom is 0.269 e. The summed E-state index contributed by atoms with van der Waals surface area (Å²) >= 11 is 0. The van der Waals surface area contributed by atoms with Crippen LogP contribution < -0.4 is 10.3 Å². The molecule has 3 rings (SSSR count). The standard InChI is InChI=1S/C19H20N2O2/c1-23-17-10-7-14(8-11-17)18-12-9-15(13-20)19(22)21(18)16-5-3-2-4-6-16/h7-12,16H,2-6H2,1H3. The fourth-order valence-electron chi connectivity index (χ4n) is 3.34. The van der Waals surface area contributed by atoms with Gasteiger partial charge in [-0.15, -0.1) is 0 Å². The summed E-state index contributed by atoms with van der Waals surface area (Å²) in [4.78, 5) is 12.7. The lowest BCUT2D eigenvalue weighted by Crippen LogP contribution is -2.29. The van der Waals surface area contributed by atoms with E-state index >= 15 is 0 Å². The normalized spacial score (nSPS) is 15.1. The van der Waals surface area contributed by atoms with Crippen LogP contribution in [0.2, 0.25) is 0 Å². The van der Waals surface area contributed by atoms with Gasteiger partial charge in [0.25, 0.3) is 5.56 Å². The van der Waals surface area contributed by atoms with Crippen LogP contribution in [0.4, 0.5) is 0 Å². The minimum Gasteiger partial charge on any atom is -0.497 e. The molecule has 1 fully saturated rings. The molecule has 118 valence electrons. The van der Waals surface area contributed by atoms with Crippen LogP contribution in [0.25, 0.3) is 11.3 Å². The Morgan fingerprint density at radius 1 is 1.09 bits per heavy atom. The SMILES string of the molecule is COc1ccc(-c2ccc(C#N)c(=O)n2C2CCCCC2)cc1. The second-order valence-electron chi connectivity index (χ2n) is 5.94. The quantitative estimate of drug-likeness (QED) is 0.864. The molecule has 0 spiro atoms. The minimum absolute atomic E-state index is 0.173. The fraction of sp³-hybridized carbons (Fsp3) is 0.368. The summed E-state index contributed by atoms with van der Waals surface area (Å²) in [7, 11) is 1.63. The summed E-state index contributed by atoms with van der Waals surface area (Å²) in [6.07, 6.45) is 5.49. The van der Waals surface area contributed by atoms with Crippen molar-refractivity contribution in [3.05, 3.63) is 52.3 Å². The molecule has 1 aromatic heterocycles. The highest BCUT2D eigenvalue weighted by atomic mass is 16.5. The van der Waals surface area contributed by atoms with Gasteiger partial charge in [-0.2, -0.15) is 5.26 Å². The van der Waals surface area contributed by atoms with E-state index in [2.05, 4.69) is 0 Å². The van der Waals surface area contributed by atoms with Crippen molar-refractivity contribution in [2.24, 2.45) is 0 Å². The predicted molar refractivity (Wildman–Crippen MR) is 89.5 cm³/mol. The number of methoxy groups -OCH3 is 1. The molecule has 23 heavy (non-hydrogen) atoms. The first kappa shape index (κ1) is 15.4. The van der Waals surface area contributed by atoms with Crippen LogP contribution in [0.1, 0.15) is 43.7 Å². The molecule has 4 heteroatoms. The number of pyridine rings is 1. The average Bonchev–Trinajstić information content (AvgIpc) is 2.62. The third-order valence-electron chi connectivity index (χ3n) is 4.56. The van der Waals surface area contributed by atoms with Crippen molar-refractivity contribution in [2.75, 3.05) is 7.11 Å². The van der Waals surface area contributed by atoms with Gasteiger partial charge in [0.05, 0.1) is 12.8 Å². The molecule has 1 aromatic carbocycles.